The lowest BCUT2D eigenvalue weighted by atomic mass is 10.3. The number of thiazole rings is 1. The molecule has 2 heterocycles. The molecule has 2 aromatic carbocycles. The van der Waals surface area contributed by atoms with Gasteiger partial charge in [-0.2, -0.15) is 0 Å². The highest BCUT2D eigenvalue weighted by Gasteiger charge is 2.13. The van der Waals surface area contributed by atoms with Crippen LogP contribution in [0.4, 0.5) is 5.69 Å². The van der Waals surface area contributed by atoms with E-state index in [4.69, 9.17) is 9.47 Å². The number of aromatic nitrogens is 1. The predicted octanol–water partition coefficient (Wildman–Crippen LogP) is 4.11. The lowest BCUT2D eigenvalue weighted by Gasteiger charge is -2.18. The summed E-state index contributed by atoms with van der Waals surface area (Å²) in [5.41, 5.74) is 1.76. The number of carbonyl (C=O) groups excluding carboxylic acids is 1. The second-order valence-electron chi connectivity index (χ2n) is 5.56. The molecule has 25 heavy (non-hydrogen) atoms. The number of nitrogens with one attached hydrogen (secondary N) is 1. The lowest BCUT2D eigenvalue weighted by Crippen LogP contribution is -2.15. The molecule has 1 aliphatic heterocycles. The van der Waals surface area contributed by atoms with Crippen molar-refractivity contribution in [2.75, 3.05) is 24.3 Å². The number of thioether (sulfide) groups is 1. The molecule has 0 fully saturated rings. The molecule has 1 aliphatic rings. The zero-order valence-corrected chi connectivity index (χ0v) is 15.2. The summed E-state index contributed by atoms with van der Waals surface area (Å²) in [6.07, 6.45) is 0. The van der Waals surface area contributed by atoms with Gasteiger partial charge in [0.05, 0.1) is 21.0 Å². The van der Waals surface area contributed by atoms with Crippen LogP contribution in [-0.4, -0.2) is 29.9 Å². The van der Waals surface area contributed by atoms with Gasteiger partial charge in [-0.15, -0.1) is 23.1 Å². The van der Waals surface area contributed by atoms with Crippen molar-refractivity contribution < 1.29 is 14.3 Å². The molecule has 128 valence electrons. The number of aryl methyl sites for hydroxylation is 1. The highest BCUT2D eigenvalue weighted by atomic mass is 32.2. The second-order valence-corrected chi connectivity index (χ2v) is 7.84. The summed E-state index contributed by atoms with van der Waals surface area (Å²) in [6.45, 7) is 3.11. The maximum Gasteiger partial charge on any atom is 0.234 e. The van der Waals surface area contributed by atoms with Gasteiger partial charge in [0.1, 0.15) is 13.2 Å². The molecule has 0 unspecified atom stereocenters. The Hall–Kier alpha value is -2.25. The first-order valence-electron chi connectivity index (χ1n) is 7.87. The summed E-state index contributed by atoms with van der Waals surface area (Å²) in [5, 5.41) is 3.96. The summed E-state index contributed by atoms with van der Waals surface area (Å²) in [4.78, 5) is 17.6. The molecule has 1 amide bonds. The quantitative estimate of drug-likeness (QED) is 0.699. The molecule has 0 saturated heterocycles. The zero-order valence-electron chi connectivity index (χ0n) is 13.6. The molecule has 0 bridgehead atoms. The number of nitrogens with zero attached hydrogens (tertiary/aromatic N) is 1. The standard InChI is InChI=1S/C18H16N2O3S2/c1-11-19-14-4-2-12(8-17(14)25-11)20-18(21)10-24-13-3-5-15-16(9-13)23-7-6-22-15/h2-5,8-9H,6-7,10H2,1H3,(H,20,21). The van der Waals surface area contributed by atoms with Gasteiger partial charge in [-0.1, -0.05) is 0 Å². The minimum absolute atomic E-state index is 0.0412. The van der Waals surface area contributed by atoms with Gasteiger partial charge in [-0.05, 0) is 43.3 Å². The van der Waals surface area contributed by atoms with Crippen LogP contribution in [0, 0.1) is 6.92 Å². The normalized spacial score (nSPS) is 13.0. The Labute approximate surface area is 153 Å². The van der Waals surface area contributed by atoms with Crippen LogP contribution < -0.4 is 14.8 Å². The van der Waals surface area contributed by atoms with Crippen molar-refractivity contribution in [3.8, 4) is 11.5 Å². The van der Waals surface area contributed by atoms with Crippen LogP contribution in [-0.2, 0) is 4.79 Å². The van der Waals surface area contributed by atoms with Crippen molar-refractivity contribution in [2.24, 2.45) is 0 Å². The van der Waals surface area contributed by atoms with Crippen molar-refractivity contribution in [1.82, 2.24) is 4.98 Å². The molecule has 1 N–H and O–H groups in total. The molecule has 0 spiro atoms. The van der Waals surface area contributed by atoms with Crippen LogP contribution in [0.5, 0.6) is 11.5 Å². The predicted molar refractivity (Wildman–Crippen MR) is 101 cm³/mol. The van der Waals surface area contributed by atoms with E-state index in [9.17, 15) is 4.79 Å². The molecule has 3 aromatic rings. The number of fused-ring (bicyclic) bond motifs is 2. The smallest absolute Gasteiger partial charge is 0.234 e. The van der Waals surface area contributed by atoms with Crippen LogP contribution in [0.1, 0.15) is 5.01 Å². The van der Waals surface area contributed by atoms with Crippen molar-refractivity contribution in [3.63, 3.8) is 0 Å². The summed E-state index contributed by atoms with van der Waals surface area (Å²) in [5.74, 6) is 1.79. The Morgan fingerprint density at radius 3 is 2.92 bits per heavy atom. The summed E-state index contributed by atoms with van der Waals surface area (Å²) < 4.78 is 12.1. The zero-order chi connectivity index (χ0) is 17.2. The van der Waals surface area contributed by atoms with Crippen molar-refractivity contribution >= 4 is 44.9 Å². The first-order chi connectivity index (χ1) is 12.2. The summed E-state index contributed by atoms with van der Waals surface area (Å²) in [6, 6.07) is 11.5. The molecule has 1 aromatic heterocycles. The average Bonchev–Trinajstić information content (AvgIpc) is 2.99. The van der Waals surface area contributed by atoms with Crippen molar-refractivity contribution in [2.45, 2.75) is 11.8 Å². The van der Waals surface area contributed by atoms with Crippen LogP contribution >= 0.6 is 23.1 Å². The molecule has 0 atom stereocenters. The molecule has 0 aliphatic carbocycles. The molecule has 0 saturated carbocycles. The van der Waals surface area contributed by atoms with E-state index < -0.39 is 0 Å². The fourth-order valence-electron chi connectivity index (χ4n) is 2.58. The van der Waals surface area contributed by atoms with E-state index in [2.05, 4.69) is 10.3 Å². The Morgan fingerprint density at radius 2 is 2.04 bits per heavy atom. The van der Waals surface area contributed by atoms with E-state index in [1.807, 2.05) is 43.3 Å². The fourth-order valence-corrected chi connectivity index (χ4v) is 4.17. The Morgan fingerprint density at radius 1 is 1.20 bits per heavy atom. The number of benzene rings is 2. The van der Waals surface area contributed by atoms with Crippen LogP contribution in [0.15, 0.2) is 41.3 Å². The Balaban J connectivity index is 1.38. The van der Waals surface area contributed by atoms with Gasteiger partial charge in [0.25, 0.3) is 0 Å². The highest BCUT2D eigenvalue weighted by molar-refractivity contribution is 8.00. The topological polar surface area (TPSA) is 60.5 Å². The number of ether oxygens (including phenoxy) is 2. The maximum atomic E-state index is 12.2. The maximum absolute atomic E-state index is 12.2. The van der Waals surface area contributed by atoms with Crippen molar-refractivity contribution in [1.29, 1.82) is 0 Å². The number of hydrogen-bond donors (Lipinski definition) is 1. The first-order valence-corrected chi connectivity index (χ1v) is 9.67. The third kappa shape index (κ3) is 3.72. The minimum atomic E-state index is -0.0412. The third-order valence-electron chi connectivity index (χ3n) is 3.66. The Bertz CT molecular complexity index is 939. The fraction of sp³-hybridized carbons (Fsp3) is 0.222. The first kappa shape index (κ1) is 16.2. The molecular formula is C18H16N2O3S2. The molecule has 0 radical (unpaired) electrons. The Kier molecular flexibility index (Phi) is 4.50. The molecule has 4 rings (SSSR count). The van der Waals surface area contributed by atoms with Crippen molar-refractivity contribution in [3.05, 3.63) is 41.4 Å². The molecule has 5 nitrogen and oxygen atoms in total. The van der Waals surface area contributed by atoms with E-state index in [1.165, 1.54) is 11.8 Å². The third-order valence-corrected chi connectivity index (χ3v) is 5.59. The highest BCUT2D eigenvalue weighted by Crippen LogP contribution is 2.34. The number of amides is 1. The van der Waals surface area contributed by atoms with Gasteiger partial charge in [0, 0.05) is 10.6 Å². The van der Waals surface area contributed by atoms with E-state index in [1.54, 1.807) is 11.3 Å². The largest absolute Gasteiger partial charge is 0.486 e. The van der Waals surface area contributed by atoms with Crippen LogP contribution in [0.3, 0.4) is 0 Å². The number of anilines is 1. The molecular weight excluding hydrogens is 356 g/mol. The van der Waals surface area contributed by atoms with Gasteiger partial charge in [0.15, 0.2) is 11.5 Å². The van der Waals surface area contributed by atoms with Gasteiger partial charge in [0.2, 0.25) is 5.91 Å². The summed E-state index contributed by atoms with van der Waals surface area (Å²) in [7, 11) is 0. The van der Waals surface area contributed by atoms with Gasteiger partial charge in [-0.3, -0.25) is 4.79 Å². The van der Waals surface area contributed by atoms with Gasteiger partial charge in [-0.25, -0.2) is 4.98 Å². The minimum Gasteiger partial charge on any atom is -0.486 e. The van der Waals surface area contributed by atoms with Gasteiger partial charge >= 0.3 is 0 Å². The second kappa shape index (κ2) is 6.93. The van der Waals surface area contributed by atoms with E-state index in [-0.39, 0.29) is 5.91 Å². The van der Waals surface area contributed by atoms with Crippen LogP contribution in [0.2, 0.25) is 0 Å². The average molecular weight is 372 g/mol. The monoisotopic (exact) mass is 372 g/mol. The number of hydrogen-bond acceptors (Lipinski definition) is 6. The molecule has 7 heteroatoms. The SMILES string of the molecule is Cc1nc2ccc(NC(=O)CSc3ccc4c(c3)OCCO4)cc2s1. The van der Waals surface area contributed by atoms with E-state index in [0.717, 1.165) is 37.3 Å². The number of rotatable bonds is 4. The van der Waals surface area contributed by atoms with Gasteiger partial charge < -0.3 is 14.8 Å². The van der Waals surface area contributed by atoms with E-state index >= 15 is 0 Å². The lowest BCUT2D eigenvalue weighted by molar-refractivity contribution is -0.113. The van der Waals surface area contributed by atoms with E-state index in [0.29, 0.717) is 19.0 Å². The number of carbonyl (C=O) groups is 1. The van der Waals surface area contributed by atoms with Crippen LogP contribution in [0.25, 0.3) is 10.2 Å². The summed E-state index contributed by atoms with van der Waals surface area (Å²) >= 11 is 3.09.